The van der Waals surface area contributed by atoms with E-state index in [9.17, 15) is 0 Å². The first kappa shape index (κ1) is 18.5. The van der Waals surface area contributed by atoms with Crippen LogP contribution in [0.4, 0.5) is 11.8 Å². The number of hydrogen-bond donors (Lipinski definition) is 2. The molecule has 3 heterocycles. The SMILES string of the molecule is CC(C)N.CCNc1nc(N2CCN(C)CC2)nc2ccn(C)c12. The maximum atomic E-state index is 5.11. The molecule has 0 aromatic carbocycles. The number of aromatic nitrogens is 3. The topological polar surface area (TPSA) is 75.2 Å². The summed E-state index contributed by atoms with van der Waals surface area (Å²) >= 11 is 0. The fraction of sp³-hybridized carbons (Fsp3) is 0.647. The summed E-state index contributed by atoms with van der Waals surface area (Å²) in [4.78, 5) is 14.1. The van der Waals surface area contributed by atoms with E-state index in [1.165, 1.54) is 0 Å². The summed E-state index contributed by atoms with van der Waals surface area (Å²) in [6.07, 6.45) is 2.04. The number of nitrogens with two attached hydrogens (primary N) is 1. The van der Waals surface area contributed by atoms with Crippen LogP contribution in [0.25, 0.3) is 11.0 Å². The number of nitrogens with zero attached hydrogens (tertiary/aromatic N) is 5. The predicted molar refractivity (Wildman–Crippen MR) is 102 cm³/mol. The summed E-state index contributed by atoms with van der Waals surface area (Å²) in [5, 5.41) is 3.36. The van der Waals surface area contributed by atoms with Crippen LogP contribution in [0.15, 0.2) is 12.3 Å². The molecule has 1 aliphatic heterocycles. The number of piperazine rings is 1. The lowest BCUT2D eigenvalue weighted by atomic mass is 10.3. The third-order valence-corrected chi connectivity index (χ3v) is 3.84. The molecule has 134 valence electrons. The molecular formula is C17H31N7. The molecule has 0 amide bonds. The van der Waals surface area contributed by atoms with Crippen molar-refractivity contribution in [1.82, 2.24) is 19.4 Å². The number of anilines is 2. The largest absolute Gasteiger partial charge is 0.368 e. The Labute approximate surface area is 144 Å². The van der Waals surface area contributed by atoms with Crippen LogP contribution in [0.3, 0.4) is 0 Å². The molecule has 0 unspecified atom stereocenters. The summed E-state index contributed by atoms with van der Waals surface area (Å²) in [5.41, 5.74) is 7.19. The van der Waals surface area contributed by atoms with Crippen molar-refractivity contribution >= 4 is 22.8 Å². The molecule has 1 saturated heterocycles. The number of nitrogens with one attached hydrogen (secondary N) is 1. The Morgan fingerprint density at radius 1 is 1.17 bits per heavy atom. The van der Waals surface area contributed by atoms with Crippen molar-refractivity contribution < 1.29 is 0 Å². The van der Waals surface area contributed by atoms with E-state index in [4.69, 9.17) is 15.7 Å². The molecule has 1 fully saturated rings. The van der Waals surface area contributed by atoms with Gasteiger partial charge in [-0.15, -0.1) is 0 Å². The first-order chi connectivity index (χ1) is 11.4. The molecule has 3 rings (SSSR count). The quantitative estimate of drug-likeness (QED) is 0.887. The molecule has 0 radical (unpaired) electrons. The summed E-state index contributed by atoms with van der Waals surface area (Å²) in [6.45, 7) is 10.9. The lowest BCUT2D eigenvalue weighted by molar-refractivity contribution is 0.311. The Kier molecular flexibility index (Phi) is 6.39. The summed E-state index contributed by atoms with van der Waals surface area (Å²) in [7, 11) is 4.19. The van der Waals surface area contributed by atoms with Crippen molar-refractivity contribution in [3.8, 4) is 0 Å². The molecular weight excluding hydrogens is 302 g/mol. The maximum Gasteiger partial charge on any atom is 0.228 e. The highest BCUT2D eigenvalue weighted by atomic mass is 15.3. The van der Waals surface area contributed by atoms with Crippen molar-refractivity contribution in [2.75, 3.05) is 50.0 Å². The van der Waals surface area contributed by atoms with Gasteiger partial charge in [-0.25, -0.2) is 4.98 Å². The number of likely N-dealkylation sites (N-methyl/N-ethyl adjacent to an activating group) is 1. The summed E-state index contributed by atoms with van der Waals surface area (Å²) < 4.78 is 2.07. The lowest BCUT2D eigenvalue weighted by Crippen LogP contribution is -2.45. The van der Waals surface area contributed by atoms with Gasteiger partial charge in [-0.2, -0.15) is 4.98 Å². The Balaban J connectivity index is 0.000000471. The van der Waals surface area contributed by atoms with Gasteiger partial charge in [0.2, 0.25) is 5.95 Å². The Hall–Kier alpha value is -1.86. The zero-order valence-electron chi connectivity index (χ0n) is 15.6. The number of rotatable bonds is 3. The van der Waals surface area contributed by atoms with Gasteiger partial charge in [0.1, 0.15) is 5.52 Å². The molecule has 3 N–H and O–H groups in total. The van der Waals surface area contributed by atoms with E-state index in [0.29, 0.717) is 6.04 Å². The first-order valence-corrected chi connectivity index (χ1v) is 8.68. The fourth-order valence-corrected chi connectivity index (χ4v) is 2.62. The van der Waals surface area contributed by atoms with Crippen LogP contribution in [0.5, 0.6) is 0 Å². The van der Waals surface area contributed by atoms with Gasteiger partial charge >= 0.3 is 0 Å². The summed E-state index contributed by atoms with van der Waals surface area (Å²) in [6, 6.07) is 2.39. The number of hydrogen-bond acceptors (Lipinski definition) is 6. The van der Waals surface area contributed by atoms with Crippen molar-refractivity contribution in [3.63, 3.8) is 0 Å². The summed E-state index contributed by atoms with van der Waals surface area (Å²) in [5.74, 6) is 1.77. The van der Waals surface area contributed by atoms with E-state index in [2.05, 4.69) is 39.7 Å². The molecule has 0 saturated carbocycles. The molecule has 0 atom stereocenters. The highest BCUT2D eigenvalue weighted by Gasteiger charge is 2.19. The minimum absolute atomic E-state index is 0.333. The van der Waals surface area contributed by atoms with E-state index in [0.717, 1.165) is 55.5 Å². The zero-order valence-corrected chi connectivity index (χ0v) is 15.6. The zero-order chi connectivity index (χ0) is 17.7. The van der Waals surface area contributed by atoms with Gasteiger partial charge in [-0.3, -0.25) is 0 Å². The van der Waals surface area contributed by atoms with Crippen molar-refractivity contribution in [2.45, 2.75) is 26.8 Å². The first-order valence-electron chi connectivity index (χ1n) is 8.68. The van der Waals surface area contributed by atoms with Crippen molar-refractivity contribution in [2.24, 2.45) is 12.8 Å². The Morgan fingerprint density at radius 3 is 2.38 bits per heavy atom. The molecule has 0 bridgehead atoms. The van der Waals surface area contributed by atoms with Gasteiger partial charge in [0.15, 0.2) is 5.82 Å². The van der Waals surface area contributed by atoms with Gasteiger partial charge in [-0.1, -0.05) is 13.8 Å². The highest BCUT2D eigenvalue weighted by Crippen LogP contribution is 2.24. The normalized spacial score (nSPS) is 15.5. The minimum Gasteiger partial charge on any atom is -0.368 e. The van der Waals surface area contributed by atoms with Crippen LogP contribution in [-0.4, -0.2) is 65.2 Å². The van der Waals surface area contributed by atoms with E-state index < -0.39 is 0 Å². The standard InChI is InChI=1S/C14H22N6.C3H9N/c1-4-15-13-12-11(5-6-19(12)3)16-14(17-13)20-9-7-18(2)8-10-20;1-3(2)4/h5-6H,4,7-10H2,1-3H3,(H,15,16,17);3H,4H2,1-2H3. The molecule has 0 aliphatic carbocycles. The van der Waals surface area contributed by atoms with Gasteiger partial charge in [0.05, 0.1) is 5.52 Å². The van der Waals surface area contributed by atoms with Crippen LogP contribution in [0, 0.1) is 0 Å². The van der Waals surface area contributed by atoms with Crippen LogP contribution >= 0.6 is 0 Å². The second-order valence-electron chi connectivity index (χ2n) is 6.60. The van der Waals surface area contributed by atoms with Gasteiger partial charge < -0.3 is 25.4 Å². The molecule has 24 heavy (non-hydrogen) atoms. The predicted octanol–water partition coefficient (Wildman–Crippen LogP) is 1.51. The minimum atomic E-state index is 0.333. The van der Waals surface area contributed by atoms with E-state index in [1.54, 1.807) is 0 Å². The van der Waals surface area contributed by atoms with E-state index in [-0.39, 0.29) is 0 Å². The van der Waals surface area contributed by atoms with E-state index in [1.807, 2.05) is 27.1 Å². The second-order valence-corrected chi connectivity index (χ2v) is 6.60. The molecule has 2 aromatic heterocycles. The van der Waals surface area contributed by atoms with Gasteiger partial charge in [0.25, 0.3) is 0 Å². The van der Waals surface area contributed by atoms with Crippen LogP contribution in [0.1, 0.15) is 20.8 Å². The van der Waals surface area contributed by atoms with Crippen LogP contribution in [-0.2, 0) is 7.05 Å². The van der Waals surface area contributed by atoms with E-state index >= 15 is 0 Å². The highest BCUT2D eigenvalue weighted by molar-refractivity contribution is 5.87. The second kappa shape index (κ2) is 8.30. The monoisotopic (exact) mass is 333 g/mol. The average molecular weight is 333 g/mol. The third kappa shape index (κ3) is 4.58. The number of fused-ring (bicyclic) bond motifs is 1. The molecule has 1 aliphatic rings. The van der Waals surface area contributed by atoms with Crippen LogP contribution in [0.2, 0.25) is 0 Å². The van der Waals surface area contributed by atoms with Crippen molar-refractivity contribution in [1.29, 1.82) is 0 Å². The third-order valence-electron chi connectivity index (χ3n) is 3.84. The average Bonchev–Trinajstić information content (AvgIpc) is 2.89. The number of aryl methyl sites for hydroxylation is 1. The fourth-order valence-electron chi connectivity index (χ4n) is 2.62. The maximum absolute atomic E-state index is 5.11. The molecule has 7 nitrogen and oxygen atoms in total. The molecule has 0 spiro atoms. The van der Waals surface area contributed by atoms with Crippen LogP contribution < -0.4 is 16.0 Å². The van der Waals surface area contributed by atoms with Gasteiger partial charge in [-0.05, 0) is 26.1 Å². The van der Waals surface area contributed by atoms with Gasteiger partial charge in [0, 0.05) is 46.0 Å². The smallest absolute Gasteiger partial charge is 0.228 e. The van der Waals surface area contributed by atoms with Crippen molar-refractivity contribution in [3.05, 3.63) is 12.3 Å². The lowest BCUT2D eigenvalue weighted by Gasteiger charge is -2.32. The Morgan fingerprint density at radius 2 is 1.79 bits per heavy atom. The Bertz CT molecular complexity index is 639. The molecule has 7 heteroatoms. The molecule has 2 aromatic rings.